The van der Waals surface area contributed by atoms with Crippen LogP contribution in [0.25, 0.3) is 0 Å². The van der Waals surface area contributed by atoms with Crippen molar-refractivity contribution >= 4 is 23.5 Å². The fourth-order valence-corrected chi connectivity index (χ4v) is 6.04. The van der Waals surface area contributed by atoms with Crippen molar-refractivity contribution in [1.82, 2.24) is 25.3 Å². The van der Waals surface area contributed by atoms with Gasteiger partial charge in [-0.3, -0.25) is 19.2 Å². The Morgan fingerprint density at radius 1 is 1.18 bits per heavy atom. The van der Waals surface area contributed by atoms with E-state index < -0.39 is 54.1 Å². The first-order chi connectivity index (χ1) is 18.7. The lowest BCUT2D eigenvalue weighted by molar-refractivity contribution is -0.293. The highest BCUT2D eigenvalue weighted by Gasteiger charge is 2.66. The highest BCUT2D eigenvalue weighted by atomic mass is 35.5. The number of nitrogens with zero attached hydrogens (tertiary/aromatic N) is 3. The van der Waals surface area contributed by atoms with Gasteiger partial charge in [0.1, 0.15) is 11.7 Å². The maximum Gasteiger partial charge on any atom is 0.402 e. The molecule has 1 aromatic heterocycles. The molecule has 3 heterocycles. The molecule has 220 valence electrons. The zero-order valence-corrected chi connectivity index (χ0v) is 22.0. The van der Waals surface area contributed by atoms with Crippen LogP contribution in [-0.4, -0.2) is 75.7 Å². The number of aliphatic carboxylic acids is 1. The van der Waals surface area contributed by atoms with Gasteiger partial charge in [-0.25, -0.2) is 0 Å². The highest BCUT2D eigenvalue weighted by molar-refractivity contribution is 6.30. The van der Waals surface area contributed by atoms with Crippen molar-refractivity contribution < 1.29 is 41.0 Å². The van der Waals surface area contributed by atoms with Crippen molar-refractivity contribution in [3.05, 3.63) is 52.3 Å². The number of carboxylic acid groups (broad SMARTS) is 1. The number of fused-ring (bicyclic) bond motifs is 1. The minimum atomic E-state index is -5.61. The summed E-state index contributed by atoms with van der Waals surface area (Å²) < 4.78 is 82.6. The second kappa shape index (κ2) is 11.6. The van der Waals surface area contributed by atoms with Crippen molar-refractivity contribution in [1.29, 1.82) is 0 Å². The third-order valence-corrected chi connectivity index (χ3v) is 7.73. The van der Waals surface area contributed by atoms with Crippen LogP contribution < -0.4 is 10.6 Å². The number of alkyl halides is 6. The topological polar surface area (TPSA) is 99.5 Å². The van der Waals surface area contributed by atoms with E-state index in [9.17, 15) is 41.0 Å². The number of nitrogens with one attached hydrogen (secondary N) is 2. The summed E-state index contributed by atoms with van der Waals surface area (Å²) in [6.45, 7) is 2.13. The maximum atomic E-state index is 13.5. The number of amides is 1. The van der Waals surface area contributed by atoms with E-state index in [1.165, 1.54) is 10.9 Å². The number of likely N-dealkylation sites (tertiary alicyclic amines) is 1. The fourth-order valence-electron chi connectivity index (χ4n) is 5.83. The Morgan fingerprint density at radius 2 is 1.85 bits per heavy atom. The molecule has 15 heteroatoms. The van der Waals surface area contributed by atoms with E-state index in [4.69, 9.17) is 11.6 Å². The normalized spacial score (nSPS) is 23.5. The molecule has 2 fully saturated rings. The molecule has 1 amide bonds. The second-order valence-corrected chi connectivity index (χ2v) is 10.5. The van der Waals surface area contributed by atoms with Crippen molar-refractivity contribution in [3.63, 3.8) is 0 Å². The summed E-state index contributed by atoms with van der Waals surface area (Å²) in [5, 5.41) is 19.3. The lowest BCUT2D eigenvalue weighted by Gasteiger charge is -2.32. The summed E-state index contributed by atoms with van der Waals surface area (Å²) in [7, 11) is 0. The predicted molar refractivity (Wildman–Crippen MR) is 132 cm³/mol. The molecule has 0 saturated carbocycles. The van der Waals surface area contributed by atoms with Gasteiger partial charge in [0.05, 0.1) is 6.20 Å². The Bertz CT molecular complexity index is 1220. The summed E-state index contributed by atoms with van der Waals surface area (Å²) in [5.74, 6) is -7.86. The molecule has 40 heavy (non-hydrogen) atoms. The van der Waals surface area contributed by atoms with Crippen LogP contribution >= 0.6 is 11.6 Å². The van der Waals surface area contributed by atoms with Gasteiger partial charge < -0.3 is 15.7 Å². The van der Waals surface area contributed by atoms with Gasteiger partial charge in [0.15, 0.2) is 5.92 Å². The first-order valence-corrected chi connectivity index (χ1v) is 13.0. The van der Waals surface area contributed by atoms with E-state index in [0.717, 1.165) is 5.56 Å². The zero-order valence-electron chi connectivity index (χ0n) is 21.3. The first kappa shape index (κ1) is 30.1. The molecular formula is C25H28ClF6N5O3. The van der Waals surface area contributed by atoms with E-state index >= 15 is 0 Å². The van der Waals surface area contributed by atoms with Crippen molar-refractivity contribution in [2.75, 3.05) is 19.6 Å². The molecule has 0 bridgehead atoms. The number of aromatic nitrogens is 2. The van der Waals surface area contributed by atoms with Crippen LogP contribution in [0, 0.1) is 17.8 Å². The van der Waals surface area contributed by atoms with E-state index in [1.54, 1.807) is 30.0 Å². The van der Waals surface area contributed by atoms with Gasteiger partial charge in [-0.15, -0.1) is 0 Å². The molecular weight excluding hydrogens is 568 g/mol. The number of carboxylic acids is 1. The van der Waals surface area contributed by atoms with Gasteiger partial charge in [-0.2, -0.15) is 31.4 Å². The standard InChI is InChI=1S/C25H28ClF6N5O3/c1-2-37-20(22(38)33-7-6-13-4-3-5-15(26)8-13)14(9-34-37)10-36-11-16-17(12-36)19(23(39)40)35-18(16)21(24(27,28)29)25(30,31)32/h3-5,8-9,16-19,21,35H,2,6-7,10-12H2,1H3,(H,33,38)(H,39,40). The Balaban J connectivity index is 1.50. The van der Waals surface area contributed by atoms with Crippen LogP contribution in [0.4, 0.5) is 26.3 Å². The Kier molecular flexibility index (Phi) is 8.71. The summed E-state index contributed by atoms with van der Waals surface area (Å²) in [6.07, 6.45) is -9.29. The Hall–Kier alpha value is -2.84. The van der Waals surface area contributed by atoms with Gasteiger partial charge in [-0.05, 0) is 37.0 Å². The quantitative estimate of drug-likeness (QED) is 0.382. The van der Waals surface area contributed by atoms with Crippen molar-refractivity contribution in [2.24, 2.45) is 17.8 Å². The molecule has 3 N–H and O–H groups in total. The monoisotopic (exact) mass is 595 g/mol. The second-order valence-electron chi connectivity index (χ2n) is 10.1. The largest absolute Gasteiger partial charge is 0.480 e. The van der Waals surface area contributed by atoms with E-state index in [-0.39, 0.29) is 31.9 Å². The Labute approximate surface area is 230 Å². The molecule has 4 atom stereocenters. The number of benzene rings is 1. The third-order valence-electron chi connectivity index (χ3n) is 7.49. The summed E-state index contributed by atoms with van der Waals surface area (Å²) in [5.41, 5.74) is 1.56. The molecule has 8 nitrogen and oxygen atoms in total. The number of carbonyl (C=O) groups excluding carboxylic acids is 1. The molecule has 0 radical (unpaired) electrons. The van der Waals surface area contributed by atoms with Crippen molar-refractivity contribution in [2.45, 2.75) is 50.9 Å². The van der Waals surface area contributed by atoms with Gasteiger partial charge in [0.2, 0.25) is 0 Å². The van der Waals surface area contributed by atoms with Crippen LogP contribution in [0.2, 0.25) is 5.02 Å². The molecule has 4 rings (SSSR count). The average molecular weight is 596 g/mol. The highest BCUT2D eigenvalue weighted by Crippen LogP contribution is 2.48. The third kappa shape index (κ3) is 6.39. The summed E-state index contributed by atoms with van der Waals surface area (Å²) >= 11 is 5.99. The predicted octanol–water partition coefficient (Wildman–Crippen LogP) is 3.74. The molecule has 2 aromatic rings. The fraction of sp³-hybridized carbons (Fsp3) is 0.560. The molecule has 1 aromatic carbocycles. The van der Waals surface area contributed by atoms with Crippen LogP contribution in [0.5, 0.6) is 0 Å². The molecule has 0 spiro atoms. The van der Waals surface area contributed by atoms with E-state index in [2.05, 4.69) is 15.7 Å². The van der Waals surface area contributed by atoms with Gasteiger partial charge >= 0.3 is 18.3 Å². The Morgan fingerprint density at radius 3 is 2.45 bits per heavy atom. The van der Waals surface area contributed by atoms with Crippen LogP contribution in [0.1, 0.15) is 28.5 Å². The minimum Gasteiger partial charge on any atom is -0.480 e. The number of aryl methyl sites for hydroxylation is 1. The molecule has 2 aliphatic heterocycles. The average Bonchev–Trinajstić information content (AvgIpc) is 3.51. The molecule has 4 unspecified atom stereocenters. The number of carbonyl (C=O) groups is 2. The first-order valence-electron chi connectivity index (χ1n) is 12.6. The lowest BCUT2D eigenvalue weighted by Crippen LogP contribution is -2.53. The summed E-state index contributed by atoms with van der Waals surface area (Å²) in [6, 6.07) is 3.43. The number of rotatable bonds is 9. The molecule has 2 aliphatic rings. The minimum absolute atomic E-state index is 0.00576. The van der Waals surface area contributed by atoms with Crippen molar-refractivity contribution in [3.8, 4) is 0 Å². The maximum absolute atomic E-state index is 13.5. The molecule has 0 aliphatic carbocycles. The number of hydrogen-bond acceptors (Lipinski definition) is 5. The smallest absolute Gasteiger partial charge is 0.402 e. The van der Waals surface area contributed by atoms with Gasteiger partial charge in [-0.1, -0.05) is 23.7 Å². The van der Waals surface area contributed by atoms with E-state index in [0.29, 0.717) is 23.6 Å². The van der Waals surface area contributed by atoms with Crippen LogP contribution in [0.3, 0.4) is 0 Å². The summed E-state index contributed by atoms with van der Waals surface area (Å²) in [4.78, 5) is 26.4. The zero-order chi connectivity index (χ0) is 29.4. The number of hydrogen-bond donors (Lipinski definition) is 3. The van der Waals surface area contributed by atoms with Crippen LogP contribution in [-0.2, 0) is 24.3 Å². The van der Waals surface area contributed by atoms with Gasteiger partial charge in [0.25, 0.3) is 5.91 Å². The lowest BCUT2D eigenvalue weighted by atomic mass is 9.84. The van der Waals surface area contributed by atoms with E-state index in [1.807, 2.05) is 6.07 Å². The van der Waals surface area contributed by atoms with Gasteiger partial charge in [0, 0.05) is 55.3 Å². The number of halogens is 7. The molecule has 2 saturated heterocycles. The SMILES string of the molecule is CCn1ncc(CN2CC3C(C(=O)O)NC(C(C(F)(F)F)C(F)(F)F)C3C2)c1C(=O)NCCc1cccc(Cl)c1. The van der Waals surface area contributed by atoms with Crippen LogP contribution in [0.15, 0.2) is 30.5 Å².